The predicted molar refractivity (Wildman–Crippen MR) is 70.1 cm³/mol. The first-order valence-electron chi connectivity index (χ1n) is 6.75. The number of aromatic nitrogens is 1. The van der Waals surface area contributed by atoms with E-state index in [1.54, 1.807) is 0 Å². The zero-order valence-corrected chi connectivity index (χ0v) is 11.7. The Morgan fingerprint density at radius 2 is 2.28 bits per heavy atom. The highest BCUT2D eigenvalue weighted by atomic mass is 16.5. The van der Waals surface area contributed by atoms with Gasteiger partial charge in [0.2, 0.25) is 0 Å². The van der Waals surface area contributed by atoms with Crippen LogP contribution in [0.25, 0.3) is 0 Å². The molecule has 2 atom stereocenters. The first kappa shape index (κ1) is 13.6. The zero-order valence-electron chi connectivity index (χ0n) is 11.7. The van der Waals surface area contributed by atoms with Crippen molar-refractivity contribution in [2.75, 3.05) is 0 Å². The van der Waals surface area contributed by atoms with Crippen LogP contribution in [0.5, 0.6) is 0 Å². The van der Waals surface area contributed by atoms with E-state index in [9.17, 15) is 0 Å². The SMILES string of the molecule is CC(C)N[C@H]1C[C@@H](Cc2cc(CO)on2)C1(C)C. The van der Waals surface area contributed by atoms with Crippen molar-refractivity contribution >= 4 is 0 Å². The number of hydrogen-bond acceptors (Lipinski definition) is 4. The zero-order chi connectivity index (χ0) is 13.3. The highest BCUT2D eigenvalue weighted by Gasteiger charge is 2.47. The Kier molecular flexibility index (Phi) is 3.78. The Morgan fingerprint density at radius 3 is 2.78 bits per heavy atom. The lowest BCUT2D eigenvalue weighted by Gasteiger charge is -2.53. The second-order valence-corrected chi connectivity index (χ2v) is 6.27. The molecule has 4 heteroatoms. The third kappa shape index (κ3) is 2.59. The maximum atomic E-state index is 8.96. The van der Waals surface area contributed by atoms with Gasteiger partial charge in [0.25, 0.3) is 0 Å². The number of aliphatic hydroxyl groups excluding tert-OH is 1. The van der Waals surface area contributed by atoms with Crippen LogP contribution in [-0.2, 0) is 13.0 Å². The van der Waals surface area contributed by atoms with Crippen molar-refractivity contribution in [3.8, 4) is 0 Å². The molecular formula is C14H24N2O2. The molecule has 0 spiro atoms. The van der Waals surface area contributed by atoms with E-state index in [4.69, 9.17) is 9.63 Å². The van der Waals surface area contributed by atoms with Gasteiger partial charge >= 0.3 is 0 Å². The number of nitrogens with zero attached hydrogens (tertiary/aromatic N) is 1. The molecule has 0 aromatic carbocycles. The molecule has 1 saturated carbocycles. The molecule has 0 unspecified atom stereocenters. The summed E-state index contributed by atoms with van der Waals surface area (Å²) in [6, 6.07) is 2.98. The maximum absolute atomic E-state index is 8.96. The van der Waals surface area contributed by atoms with Gasteiger partial charge in [0.15, 0.2) is 5.76 Å². The van der Waals surface area contributed by atoms with Crippen LogP contribution in [0.1, 0.15) is 45.6 Å². The van der Waals surface area contributed by atoms with Gasteiger partial charge in [-0.05, 0) is 24.2 Å². The van der Waals surface area contributed by atoms with Gasteiger partial charge in [0.1, 0.15) is 6.61 Å². The van der Waals surface area contributed by atoms with Crippen molar-refractivity contribution in [1.82, 2.24) is 10.5 Å². The third-order valence-electron chi connectivity index (χ3n) is 4.22. The van der Waals surface area contributed by atoms with Crippen LogP contribution in [0.4, 0.5) is 0 Å². The van der Waals surface area contributed by atoms with Crippen molar-refractivity contribution in [1.29, 1.82) is 0 Å². The lowest BCUT2D eigenvalue weighted by Crippen LogP contribution is -2.58. The van der Waals surface area contributed by atoms with E-state index in [0.29, 0.717) is 29.2 Å². The minimum absolute atomic E-state index is 0.0708. The lowest BCUT2D eigenvalue weighted by molar-refractivity contribution is 0.00900. The van der Waals surface area contributed by atoms with Crippen molar-refractivity contribution < 1.29 is 9.63 Å². The Balaban J connectivity index is 1.92. The van der Waals surface area contributed by atoms with Crippen LogP contribution >= 0.6 is 0 Å². The Bertz CT molecular complexity index is 398. The van der Waals surface area contributed by atoms with E-state index in [0.717, 1.165) is 12.1 Å². The van der Waals surface area contributed by atoms with E-state index in [2.05, 4.69) is 38.2 Å². The molecule has 102 valence electrons. The van der Waals surface area contributed by atoms with Crippen LogP contribution in [0, 0.1) is 11.3 Å². The van der Waals surface area contributed by atoms with E-state index in [-0.39, 0.29) is 6.61 Å². The van der Waals surface area contributed by atoms with E-state index in [1.165, 1.54) is 6.42 Å². The van der Waals surface area contributed by atoms with Crippen LogP contribution in [-0.4, -0.2) is 22.3 Å². The second-order valence-electron chi connectivity index (χ2n) is 6.27. The molecule has 0 saturated heterocycles. The van der Waals surface area contributed by atoms with Crippen molar-refractivity contribution in [3.05, 3.63) is 17.5 Å². The predicted octanol–water partition coefficient (Wildman–Crippen LogP) is 2.12. The van der Waals surface area contributed by atoms with Gasteiger partial charge in [-0.3, -0.25) is 0 Å². The molecule has 4 nitrogen and oxygen atoms in total. The second kappa shape index (κ2) is 5.02. The monoisotopic (exact) mass is 252 g/mol. The van der Waals surface area contributed by atoms with Crippen molar-refractivity contribution in [2.45, 2.75) is 59.2 Å². The average molecular weight is 252 g/mol. The van der Waals surface area contributed by atoms with Crippen LogP contribution in [0.3, 0.4) is 0 Å². The highest BCUT2D eigenvalue weighted by molar-refractivity contribution is 5.11. The van der Waals surface area contributed by atoms with Gasteiger partial charge in [-0.2, -0.15) is 0 Å². The van der Waals surface area contributed by atoms with Gasteiger partial charge in [-0.25, -0.2) is 0 Å². The minimum atomic E-state index is -0.0708. The topological polar surface area (TPSA) is 58.3 Å². The largest absolute Gasteiger partial charge is 0.388 e. The molecular weight excluding hydrogens is 228 g/mol. The summed E-state index contributed by atoms with van der Waals surface area (Å²) in [4.78, 5) is 0. The van der Waals surface area contributed by atoms with E-state index >= 15 is 0 Å². The Labute approximate surface area is 109 Å². The summed E-state index contributed by atoms with van der Waals surface area (Å²) >= 11 is 0. The summed E-state index contributed by atoms with van der Waals surface area (Å²) in [6.07, 6.45) is 2.12. The first-order valence-corrected chi connectivity index (χ1v) is 6.75. The number of hydrogen-bond donors (Lipinski definition) is 2. The Morgan fingerprint density at radius 1 is 1.56 bits per heavy atom. The molecule has 1 fully saturated rings. The number of nitrogens with one attached hydrogen (secondary N) is 1. The van der Waals surface area contributed by atoms with Gasteiger partial charge in [-0.1, -0.05) is 32.9 Å². The molecule has 1 aromatic rings. The van der Waals surface area contributed by atoms with Gasteiger partial charge in [0.05, 0.1) is 5.69 Å². The quantitative estimate of drug-likeness (QED) is 0.843. The fraction of sp³-hybridized carbons (Fsp3) is 0.786. The molecule has 1 aliphatic carbocycles. The summed E-state index contributed by atoms with van der Waals surface area (Å²) in [7, 11) is 0. The van der Waals surface area contributed by atoms with E-state index in [1.807, 2.05) is 6.07 Å². The summed E-state index contributed by atoms with van der Waals surface area (Å²) in [5.74, 6) is 1.18. The average Bonchev–Trinajstić information content (AvgIpc) is 2.75. The van der Waals surface area contributed by atoms with Crippen LogP contribution in [0.15, 0.2) is 10.6 Å². The maximum Gasteiger partial charge on any atom is 0.162 e. The van der Waals surface area contributed by atoms with E-state index < -0.39 is 0 Å². The fourth-order valence-electron chi connectivity index (χ4n) is 2.83. The molecule has 0 amide bonds. The smallest absolute Gasteiger partial charge is 0.162 e. The van der Waals surface area contributed by atoms with Gasteiger partial charge < -0.3 is 14.9 Å². The molecule has 2 N–H and O–H groups in total. The molecule has 0 aliphatic heterocycles. The van der Waals surface area contributed by atoms with Crippen LogP contribution < -0.4 is 5.32 Å². The van der Waals surface area contributed by atoms with Crippen molar-refractivity contribution in [3.63, 3.8) is 0 Å². The standard InChI is InChI=1S/C14H24N2O2/c1-9(2)15-13-6-10(14(13,3)4)5-11-7-12(8-17)18-16-11/h7,9-10,13,15,17H,5-6,8H2,1-4H3/t10-,13+/m1/s1. The van der Waals surface area contributed by atoms with Gasteiger partial charge in [-0.15, -0.1) is 0 Å². The molecule has 18 heavy (non-hydrogen) atoms. The first-order chi connectivity index (χ1) is 8.43. The number of rotatable bonds is 5. The number of aliphatic hydroxyl groups is 1. The molecule has 1 aliphatic rings. The molecule has 1 heterocycles. The summed E-state index contributed by atoms with van der Waals surface area (Å²) in [5.41, 5.74) is 1.25. The normalized spacial score (nSPS) is 26.3. The summed E-state index contributed by atoms with van der Waals surface area (Å²) < 4.78 is 5.03. The van der Waals surface area contributed by atoms with Crippen LogP contribution in [0.2, 0.25) is 0 Å². The summed E-state index contributed by atoms with van der Waals surface area (Å²) in [5, 5.41) is 16.6. The lowest BCUT2D eigenvalue weighted by atomic mass is 9.57. The molecule has 0 radical (unpaired) electrons. The minimum Gasteiger partial charge on any atom is -0.388 e. The molecule has 2 rings (SSSR count). The fourth-order valence-corrected chi connectivity index (χ4v) is 2.83. The third-order valence-corrected chi connectivity index (χ3v) is 4.22. The highest BCUT2D eigenvalue weighted by Crippen LogP contribution is 2.47. The molecule has 0 bridgehead atoms. The summed E-state index contributed by atoms with van der Waals surface area (Å²) in [6.45, 7) is 8.93. The Hall–Kier alpha value is -0.870. The molecule has 1 aromatic heterocycles. The van der Waals surface area contributed by atoms with Gasteiger partial charge in [0, 0.05) is 18.2 Å². The van der Waals surface area contributed by atoms with Crippen molar-refractivity contribution in [2.24, 2.45) is 11.3 Å².